The van der Waals surface area contributed by atoms with Gasteiger partial charge in [0.15, 0.2) is 0 Å². The molecule has 2 fully saturated rings. The molecule has 2 saturated heterocycles. The number of aliphatic hydroxyl groups excluding tert-OH is 2. The van der Waals surface area contributed by atoms with Gasteiger partial charge in [-0.25, -0.2) is 13.4 Å². The molecule has 0 spiro atoms. The van der Waals surface area contributed by atoms with Crippen LogP contribution in [-0.2, 0) is 24.3 Å². The Kier molecular flexibility index (Phi) is 9.62. The van der Waals surface area contributed by atoms with Gasteiger partial charge >= 0.3 is 5.97 Å². The van der Waals surface area contributed by atoms with Crippen LogP contribution >= 0.6 is 11.3 Å². The largest absolute Gasteiger partial charge is 0.458 e. The maximum absolute atomic E-state index is 13.3. The Hall–Kier alpha value is -1.66. The van der Waals surface area contributed by atoms with Crippen LogP contribution < -0.4 is 0 Å². The molecule has 38 heavy (non-hydrogen) atoms. The number of ketones is 1. The first-order valence-corrected chi connectivity index (χ1v) is 16.0. The maximum Gasteiger partial charge on any atom is 0.309 e. The van der Waals surface area contributed by atoms with Crippen molar-refractivity contribution in [1.82, 2.24) is 9.29 Å². The second-order valence-electron chi connectivity index (χ2n) is 11.6. The van der Waals surface area contributed by atoms with Gasteiger partial charge in [0.1, 0.15) is 11.9 Å². The molecule has 2 aliphatic heterocycles. The van der Waals surface area contributed by atoms with Gasteiger partial charge in [0, 0.05) is 29.8 Å². The van der Waals surface area contributed by atoms with E-state index in [1.807, 2.05) is 32.2 Å². The minimum Gasteiger partial charge on any atom is -0.458 e. The third kappa shape index (κ3) is 7.10. The van der Waals surface area contributed by atoms with Crippen molar-refractivity contribution < 1.29 is 33.0 Å². The Bertz CT molecular complexity index is 1160. The van der Waals surface area contributed by atoms with E-state index in [0.717, 1.165) is 16.3 Å². The summed E-state index contributed by atoms with van der Waals surface area (Å²) in [4.78, 5) is 30.7. The van der Waals surface area contributed by atoms with Crippen LogP contribution in [0.15, 0.2) is 11.0 Å². The fourth-order valence-corrected chi connectivity index (χ4v) is 7.51. The van der Waals surface area contributed by atoms with Crippen LogP contribution in [-0.4, -0.2) is 76.3 Å². The van der Waals surface area contributed by atoms with Crippen LogP contribution in [0, 0.1) is 24.2 Å². The number of rotatable bonds is 3. The lowest BCUT2D eigenvalue weighted by atomic mass is 9.73. The van der Waals surface area contributed by atoms with Gasteiger partial charge in [-0.05, 0) is 44.3 Å². The number of carbonyl (C=O) groups excluding carboxylic acids is 2. The number of aromatic nitrogens is 1. The van der Waals surface area contributed by atoms with Gasteiger partial charge < -0.3 is 14.9 Å². The van der Waals surface area contributed by atoms with Crippen LogP contribution in [0.2, 0.25) is 0 Å². The zero-order chi connectivity index (χ0) is 28.6. The predicted molar refractivity (Wildman–Crippen MR) is 147 cm³/mol. The minimum absolute atomic E-state index is 0.192. The first kappa shape index (κ1) is 30.9. The number of aryl methyl sites for hydroxylation is 1. The Morgan fingerprint density at radius 2 is 1.87 bits per heavy atom. The Morgan fingerprint density at radius 3 is 2.45 bits per heavy atom. The average Bonchev–Trinajstić information content (AvgIpc) is 3.36. The number of carbonyl (C=O) groups is 2. The van der Waals surface area contributed by atoms with Crippen molar-refractivity contribution in [3.63, 3.8) is 0 Å². The number of ether oxygens (including phenoxy) is 1. The average molecular weight is 571 g/mol. The van der Waals surface area contributed by atoms with E-state index in [1.165, 1.54) is 21.9 Å². The normalized spacial score (nSPS) is 35.9. The number of sulfonamides is 1. The molecule has 3 heterocycles. The molecule has 0 radical (unpaired) electrons. The lowest BCUT2D eigenvalue weighted by Gasteiger charge is -2.34. The number of hydrogen-bond donors (Lipinski definition) is 2. The summed E-state index contributed by atoms with van der Waals surface area (Å²) in [6.45, 7) is 10.4. The molecule has 0 bridgehead atoms. The molecular weight excluding hydrogens is 528 g/mol. The van der Waals surface area contributed by atoms with Crippen LogP contribution in [0.1, 0.15) is 77.4 Å². The predicted octanol–water partition coefficient (Wildman–Crippen LogP) is 3.33. The Balaban J connectivity index is 1.94. The summed E-state index contributed by atoms with van der Waals surface area (Å²) in [5.41, 5.74) is 0.177. The number of fused-ring (bicyclic) bond motifs is 1. The first-order chi connectivity index (χ1) is 17.5. The highest BCUT2D eigenvalue weighted by Gasteiger charge is 2.54. The van der Waals surface area contributed by atoms with E-state index in [4.69, 9.17) is 4.74 Å². The van der Waals surface area contributed by atoms with Crippen molar-refractivity contribution in [1.29, 1.82) is 0 Å². The van der Waals surface area contributed by atoms with E-state index in [-0.39, 0.29) is 30.2 Å². The van der Waals surface area contributed by atoms with Crippen molar-refractivity contribution in [3.05, 3.63) is 21.7 Å². The molecule has 0 amide bonds. The summed E-state index contributed by atoms with van der Waals surface area (Å²) in [5.74, 6) is -1.92. The molecule has 1 aromatic rings. The van der Waals surface area contributed by atoms with Gasteiger partial charge in [0.25, 0.3) is 0 Å². The first-order valence-electron chi connectivity index (χ1n) is 13.2. The van der Waals surface area contributed by atoms with Crippen LogP contribution in [0.3, 0.4) is 0 Å². The molecule has 4 unspecified atom stereocenters. The third-order valence-electron chi connectivity index (χ3n) is 8.14. The number of aliphatic hydroxyl groups is 2. The molecule has 3 rings (SSSR count). The minimum atomic E-state index is -3.47. The van der Waals surface area contributed by atoms with Gasteiger partial charge in [-0.2, -0.15) is 4.31 Å². The number of thiazole rings is 1. The highest BCUT2D eigenvalue weighted by Crippen LogP contribution is 2.41. The number of esters is 1. The second-order valence-corrected chi connectivity index (χ2v) is 14.6. The SMILES string of the molecule is C/C(=C\c1csc(C)n1)C1C[C@H]2C(CCC[C@H](C)[C@H](O)[C@@H](C)C(=O)C(C)(C)C(O)CC(=O)O1)N2S(C)(=O)=O. The van der Waals surface area contributed by atoms with Crippen molar-refractivity contribution in [2.75, 3.05) is 6.26 Å². The quantitative estimate of drug-likeness (QED) is 0.418. The topological polar surface area (TPSA) is 134 Å². The monoisotopic (exact) mass is 570 g/mol. The highest BCUT2D eigenvalue weighted by molar-refractivity contribution is 7.88. The molecule has 2 aliphatic rings. The van der Waals surface area contributed by atoms with Gasteiger partial charge in [-0.15, -0.1) is 11.3 Å². The fraction of sp³-hybridized carbons (Fsp3) is 0.741. The van der Waals surface area contributed by atoms with Crippen molar-refractivity contribution in [3.8, 4) is 0 Å². The van der Waals surface area contributed by atoms with E-state index in [0.29, 0.717) is 19.3 Å². The van der Waals surface area contributed by atoms with Gasteiger partial charge in [-0.3, -0.25) is 9.59 Å². The molecule has 2 N–H and O–H groups in total. The molecule has 214 valence electrons. The lowest BCUT2D eigenvalue weighted by molar-refractivity contribution is -0.154. The maximum atomic E-state index is 13.3. The fourth-order valence-electron chi connectivity index (χ4n) is 5.54. The van der Waals surface area contributed by atoms with Crippen molar-refractivity contribution in [2.24, 2.45) is 17.3 Å². The number of nitrogens with zero attached hydrogens (tertiary/aromatic N) is 2. The molecule has 8 atom stereocenters. The summed E-state index contributed by atoms with van der Waals surface area (Å²) in [7, 11) is -3.47. The Morgan fingerprint density at radius 1 is 1.21 bits per heavy atom. The van der Waals surface area contributed by atoms with Crippen LogP contribution in [0.25, 0.3) is 6.08 Å². The summed E-state index contributed by atoms with van der Waals surface area (Å²) in [5, 5.41) is 24.6. The Labute approximate surface area is 230 Å². The van der Waals surface area contributed by atoms with Gasteiger partial charge in [-0.1, -0.05) is 34.1 Å². The third-order valence-corrected chi connectivity index (χ3v) is 10.2. The van der Waals surface area contributed by atoms with E-state index in [9.17, 15) is 28.2 Å². The number of Topliss-reactive ketones (excluding diaryl/α,β-unsaturated/α-hetero) is 1. The second kappa shape index (κ2) is 11.8. The number of cyclic esters (lactones) is 1. The van der Waals surface area contributed by atoms with Gasteiger partial charge in [0.05, 0.1) is 41.0 Å². The molecule has 11 heteroatoms. The highest BCUT2D eigenvalue weighted by atomic mass is 32.2. The van der Waals surface area contributed by atoms with Crippen molar-refractivity contribution >= 4 is 39.2 Å². The van der Waals surface area contributed by atoms with E-state index in [2.05, 4.69) is 4.98 Å². The molecule has 0 aromatic carbocycles. The van der Waals surface area contributed by atoms with Gasteiger partial charge in [0.2, 0.25) is 10.0 Å². The summed E-state index contributed by atoms with van der Waals surface area (Å²) in [6.07, 6.45) is 1.85. The summed E-state index contributed by atoms with van der Waals surface area (Å²) < 4.78 is 32.4. The standard InChI is InChI=1S/C27H42N2O7S2/c1-15-9-8-10-20-21(29(20)38(7,34)35)12-22(16(2)11-19-14-37-18(4)28-19)36-24(31)13-23(30)27(5,6)26(33)17(3)25(15)32/h11,14-15,17,20-23,25,30,32H,8-10,12-13H2,1-7H3/b16-11+/t15-,17+,20?,21-,22?,23?,25-,29?/m0/s1. The van der Waals surface area contributed by atoms with E-state index < -0.39 is 52.1 Å². The lowest BCUT2D eigenvalue weighted by Crippen LogP contribution is -2.45. The molecule has 9 nitrogen and oxygen atoms in total. The summed E-state index contributed by atoms with van der Waals surface area (Å²) >= 11 is 1.50. The van der Waals surface area contributed by atoms with E-state index in [1.54, 1.807) is 20.8 Å². The van der Waals surface area contributed by atoms with E-state index >= 15 is 0 Å². The zero-order valence-corrected chi connectivity index (χ0v) is 25.0. The van der Waals surface area contributed by atoms with Crippen molar-refractivity contribution in [2.45, 2.75) is 104 Å². The summed E-state index contributed by atoms with van der Waals surface area (Å²) in [6, 6.07) is -0.542. The smallest absolute Gasteiger partial charge is 0.309 e. The molecule has 0 aliphatic carbocycles. The van der Waals surface area contributed by atoms with Crippen LogP contribution in [0.5, 0.6) is 0 Å². The molecular formula is C27H42N2O7S2. The zero-order valence-electron chi connectivity index (χ0n) is 23.4. The molecule has 1 aromatic heterocycles. The van der Waals surface area contributed by atoms with Crippen LogP contribution in [0.4, 0.5) is 0 Å². The number of hydrogen-bond acceptors (Lipinski definition) is 9. The molecule has 0 saturated carbocycles.